The molecule has 1 atom stereocenters. The van der Waals surface area contributed by atoms with Gasteiger partial charge in [-0.15, -0.1) is 0 Å². The SMILES string of the molecule is CC1COCCN1CC(=O)c1ccc(C#N)cc1. The highest BCUT2D eigenvalue weighted by Gasteiger charge is 2.21. The molecule has 0 aliphatic carbocycles. The molecule has 0 saturated carbocycles. The maximum atomic E-state index is 12.1. The number of benzene rings is 1. The Morgan fingerprint density at radius 2 is 2.22 bits per heavy atom. The van der Waals surface area contributed by atoms with Crippen LogP contribution in [0.15, 0.2) is 24.3 Å². The Morgan fingerprint density at radius 1 is 1.50 bits per heavy atom. The fraction of sp³-hybridized carbons (Fsp3) is 0.429. The molecule has 2 rings (SSSR count). The van der Waals surface area contributed by atoms with E-state index in [4.69, 9.17) is 10.00 Å². The molecule has 4 nitrogen and oxygen atoms in total. The van der Waals surface area contributed by atoms with Crippen LogP contribution in [0, 0.1) is 11.3 Å². The summed E-state index contributed by atoms with van der Waals surface area (Å²) in [5.41, 5.74) is 1.24. The Labute approximate surface area is 107 Å². The van der Waals surface area contributed by atoms with Gasteiger partial charge in [0, 0.05) is 18.2 Å². The van der Waals surface area contributed by atoms with E-state index >= 15 is 0 Å². The fourth-order valence-electron chi connectivity index (χ4n) is 2.00. The predicted octanol–water partition coefficient (Wildman–Crippen LogP) is 1.46. The van der Waals surface area contributed by atoms with Crippen LogP contribution < -0.4 is 0 Å². The third-order valence-electron chi connectivity index (χ3n) is 3.19. The quantitative estimate of drug-likeness (QED) is 0.755. The summed E-state index contributed by atoms with van der Waals surface area (Å²) >= 11 is 0. The first-order valence-electron chi connectivity index (χ1n) is 6.06. The van der Waals surface area contributed by atoms with Crippen molar-refractivity contribution >= 4 is 5.78 Å². The summed E-state index contributed by atoms with van der Waals surface area (Å²) in [6.07, 6.45) is 0. The Balaban J connectivity index is 2.00. The van der Waals surface area contributed by atoms with Gasteiger partial charge in [-0.3, -0.25) is 9.69 Å². The zero-order chi connectivity index (χ0) is 13.0. The van der Waals surface area contributed by atoms with E-state index in [0.717, 1.165) is 6.54 Å². The second-order valence-electron chi connectivity index (χ2n) is 4.51. The summed E-state index contributed by atoms with van der Waals surface area (Å²) in [7, 11) is 0. The Kier molecular flexibility index (Phi) is 4.08. The van der Waals surface area contributed by atoms with Crippen LogP contribution in [0.25, 0.3) is 0 Å². The molecule has 0 amide bonds. The highest BCUT2D eigenvalue weighted by atomic mass is 16.5. The molecule has 1 aliphatic heterocycles. The molecule has 1 aromatic carbocycles. The van der Waals surface area contributed by atoms with Gasteiger partial charge in [-0.1, -0.05) is 12.1 Å². The van der Waals surface area contributed by atoms with Crippen LogP contribution in [0.5, 0.6) is 0 Å². The zero-order valence-electron chi connectivity index (χ0n) is 10.4. The van der Waals surface area contributed by atoms with Gasteiger partial charge in [-0.05, 0) is 19.1 Å². The molecular weight excluding hydrogens is 228 g/mol. The molecule has 1 aromatic rings. The summed E-state index contributed by atoms with van der Waals surface area (Å²) in [5, 5.41) is 8.71. The predicted molar refractivity (Wildman–Crippen MR) is 67.3 cm³/mol. The van der Waals surface area contributed by atoms with E-state index in [1.165, 1.54) is 0 Å². The maximum Gasteiger partial charge on any atom is 0.176 e. The number of nitriles is 1. The van der Waals surface area contributed by atoms with Crippen molar-refractivity contribution in [3.63, 3.8) is 0 Å². The van der Waals surface area contributed by atoms with E-state index in [-0.39, 0.29) is 11.8 Å². The van der Waals surface area contributed by atoms with E-state index in [2.05, 4.69) is 11.8 Å². The van der Waals surface area contributed by atoms with Crippen LogP contribution in [0.2, 0.25) is 0 Å². The molecule has 1 aliphatic rings. The fourth-order valence-corrected chi connectivity index (χ4v) is 2.00. The molecule has 4 heteroatoms. The standard InChI is InChI=1S/C14H16N2O2/c1-11-10-18-7-6-16(11)9-14(17)13-4-2-12(8-15)3-5-13/h2-5,11H,6-7,9-10H2,1H3. The van der Waals surface area contributed by atoms with Gasteiger partial charge in [-0.2, -0.15) is 5.26 Å². The number of carbonyl (C=O) groups excluding carboxylic acids is 1. The van der Waals surface area contributed by atoms with Gasteiger partial charge in [-0.25, -0.2) is 0 Å². The van der Waals surface area contributed by atoms with Crippen molar-refractivity contribution in [2.75, 3.05) is 26.3 Å². The van der Waals surface area contributed by atoms with Crippen LogP contribution in [0.1, 0.15) is 22.8 Å². The lowest BCUT2D eigenvalue weighted by Crippen LogP contribution is -2.45. The number of hydrogen-bond acceptors (Lipinski definition) is 4. The molecule has 1 unspecified atom stereocenters. The van der Waals surface area contributed by atoms with Crippen molar-refractivity contribution in [2.24, 2.45) is 0 Å². The van der Waals surface area contributed by atoms with Crippen molar-refractivity contribution in [1.82, 2.24) is 4.90 Å². The number of ketones is 1. The van der Waals surface area contributed by atoms with Gasteiger partial charge in [0.1, 0.15) is 0 Å². The smallest absolute Gasteiger partial charge is 0.176 e. The second kappa shape index (κ2) is 5.76. The van der Waals surface area contributed by atoms with Gasteiger partial charge in [0.05, 0.1) is 31.4 Å². The molecule has 0 N–H and O–H groups in total. The van der Waals surface area contributed by atoms with Gasteiger partial charge in [0.25, 0.3) is 0 Å². The number of morpholine rings is 1. The number of hydrogen-bond donors (Lipinski definition) is 0. The number of nitrogens with zero attached hydrogens (tertiary/aromatic N) is 2. The summed E-state index contributed by atoms with van der Waals surface area (Å²) in [4.78, 5) is 14.2. The van der Waals surface area contributed by atoms with Gasteiger partial charge >= 0.3 is 0 Å². The molecule has 0 spiro atoms. The van der Waals surface area contributed by atoms with E-state index in [1.807, 2.05) is 6.07 Å². The number of rotatable bonds is 3. The van der Waals surface area contributed by atoms with Crippen molar-refractivity contribution in [3.05, 3.63) is 35.4 Å². The summed E-state index contributed by atoms with van der Waals surface area (Å²) in [6.45, 7) is 4.64. The molecule has 0 bridgehead atoms. The third kappa shape index (κ3) is 2.95. The van der Waals surface area contributed by atoms with Crippen molar-refractivity contribution in [1.29, 1.82) is 5.26 Å². The molecular formula is C14H16N2O2. The summed E-state index contributed by atoms with van der Waals surface area (Å²) in [6, 6.07) is 9.10. The Hall–Kier alpha value is -1.70. The van der Waals surface area contributed by atoms with Crippen LogP contribution >= 0.6 is 0 Å². The number of ether oxygens (including phenoxy) is 1. The van der Waals surface area contributed by atoms with E-state index in [0.29, 0.717) is 30.9 Å². The molecule has 0 radical (unpaired) electrons. The lowest BCUT2D eigenvalue weighted by atomic mass is 10.1. The summed E-state index contributed by atoms with van der Waals surface area (Å²) < 4.78 is 5.34. The van der Waals surface area contributed by atoms with Crippen molar-refractivity contribution < 1.29 is 9.53 Å². The highest BCUT2D eigenvalue weighted by Crippen LogP contribution is 2.09. The third-order valence-corrected chi connectivity index (χ3v) is 3.19. The summed E-state index contributed by atoms with van der Waals surface area (Å²) in [5.74, 6) is 0.0910. The molecule has 1 fully saturated rings. The second-order valence-corrected chi connectivity index (χ2v) is 4.51. The first-order chi connectivity index (χ1) is 8.70. The first kappa shape index (κ1) is 12.7. The first-order valence-corrected chi connectivity index (χ1v) is 6.06. The normalized spacial score (nSPS) is 20.3. The van der Waals surface area contributed by atoms with Crippen LogP contribution in [0.4, 0.5) is 0 Å². The van der Waals surface area contributed by atoms with E-state index in [9.17, 15) is 4.79 Å². The molecule has 1 heterocycles. The largest absolute Gasteiger partial charge is 0.379 e. The van der Waals surface area contributed by atoms with Gasteiger partial charge in [0.15, 0.2) is 5.78 Å². The topological polar surface area (TPSA) is 53.3 Å². The maximum absolute atomic E-state index is 12.1. The monoisotopic (exact) mass is 244 g/mol. The minimum absolute atomic E-state index is 0.0910. The lowest BCUT2D eigenvalue weighted by Gasteiger charge is -2.32. The minimum Gasteiger partial charge on any atom is -0.379 e. The molecule has 94 valence electrons. The average Bonchev–Trinajstić information content (AvgIpc) is 2.41. The lowest BCUT2D eigenvalue weighted by molar-refractivity contribution is 0.00201. The van der Waals surface area contributed by atoms with Gasteiger partial charge < -0.3 is 4.74 Å². The Bertz CT molecular complexity index is 462. The van der Waals surface area contributed by atoms with Crippen molar-refractivity contribution in [2.45, 2.75) is 13.0 Å². The minimum atomic E-state index is 0.0910. The Morgan fingerprint density at radius 3 is 2.83 bits per heavy atom. The average molecular weight is 244 g/mol. The van der Waals surface area contributed by atoms with E-state index in [1.54, 1.807) is 24.3 Å². The molecule has 18 heavy (non-hydrogen) atoms. The zero-order valence-corrected chi connectivity index (χ0v) is 10.4. The number of Topliss-reactive ketones (excluding diaryl/α,β-unsaturated/α-hetero) is 1. The number of carbonyl (C=O) groups is 1. The van der Waals surface area contributed by atoms with Crippen LogP contribution in [0.3, 0.4) is 0 Å². The van der Waals surface area contributed by atoms with E-state index < -0.39 is 0 Å². The highest BCUT2D eigenvalue weighted by molar-refractivity contribution is 5.97. The van der Waals surface area contributed by atoms with Crippen LogP contribution in [-0.4, -0.2) is 43.0 Å². The van der Waals surface area contributed by atoms with Gasteiger partial charge in [0.2, 0.25) is 0 Å². The van der Waals surface area contributed by atoms with Crippen molar-refractivity contribution in [3.8, 4) is 6.07 Å². The molecule has 0 aromatic heterocycles. The molecule has 1 saturated heterocycles. The van der Waals surface area contributed by atoms with Crippen LogP contribution in [-0.2, 0) is 4.74 Å².